The van der Waals surface area contributed by atoms with E-state index in [9.17, 15) is 18.0 Å². The predicted octanol–water partition coefficient (Wildman–Crippen LogP) is 2.82. The maximum Gasteiger partial charge on any atom is 0.434 e. The van der Waals surface area contributed by atoms with Crippen molar-refractivity contribution in [2.45, 2.75) is 43.9 Å². The number of carbonyl (C=O) groups is 1. The lowest BCUT2D eigenvalue weighted by Crippen LogP contribution is -2.40. The number of nitrogen functional groups attached to an aromatic ring is 1. The van der Waals surface area contributed by atoms with Crippen molar-refractivity contribution in [1.82, 2.24) is 24.5 Å². The number of rotatable bonds is 4. The molecule has 0 unspecified atom stereocenters. The molecule has 0 atom stereocenters. The Morgan fingerprint density at radius 1 is 1.20 bits per heavy atom. The van der Waals surface area contributed by atoms with Gasteiger partial charge in [-0.1, -0.05) is 6.07 Å². The summed E-state index contributed by atoms with van der Waals surface area (Å²) in [6.45, 7) is 0. The quantitative estimate of drug-likeness (QED) is 0.601. The molecule has 1 aliphatic rings. The minimum Gasteiger partial charge on any atom is -0.383 e. The van der Waals surface area contributed by atoms with E-state index in [0.717, 1.165) is 31.9 Å². The van der Waals surface area contributed by atoms with E-state index in [4.69, 9.17) is 5.73 Å². The molecule has 0 aliphatic heterocycles. The minimum absolute atomic E-state index is 0.0102. The van der Waals surface area contributed by atoms with Gasteiger partial charge in [-0.05, 0) is 37.8 Å². The van der Waals surface area contributed by atoms with Crippen LogP contribution in [0, 0.1) is 0 Å². The number of amides is 1. The van der Waals surface area contributed by atoms with E-state index in [-0.39, 0.29) is 23.6 Å². The maximum absolute atomic E-state index is 13.0. The average molecular weight is 421 g/mol. The molecule has 1 saturated carbocycles. The molecular weight excluding hydrogens is 399 g/mol. The summed E-state index contributed by atoms with van der Waals surface area (Å²) < 4.78 is 41.8. The molecule has 4 rings (SSSR count). The van der Waals surface area contributed by atoms with E-state index in [1.807, 2.05) is 0 Å². The normalized spacial score (nSPS) is 19.7. The fraction of sp³-hybridized carbons (Fsp3) is 0.421. The molecule has 1 fully saturated rings. The highest BCUT2D eigenvalue weighted by molar-refractivity contribution is 5.98. The van der Waals surface area contributed by atoms with Crippen molar-refractivity contribution < 1.29 is 18.0 Å². The number of anilines is 2. The summed E-state index contributed by atoms with van der Waals surface area (Å²) in [6, 6.07) is 5.04. The van der Waals surface area contributed by atoms with Crippen molar-refractivity contribution in [2.24, 2.45) is 7.05 Å². The molecule has 0 spiro atoms. The van der Waals surface area contributed by atoms with Crippen molar-refractivity contribution in [3.8, 4) is 0 Å². The van der Waals surface area contributed by atoms with Crippen molar-refractivity contribution in [3.63, 3.8) is 0 Å². The van der Waals surface area contributed by atoms with Gasteiger partial charge in [-0.2, -0.15) is 18.3 Å². The Bertz CT molecular complexity index is 1060. The van der Waals surface area contributed by atoms with Gasteiger partial charge in [0.1, 0.15) is 22.8 Å². The second kappa shape index (κ2) is 7.54. The van der Waals surface area contributed by atoms with Crippen LogP contribution < -0.4 is 16.4 Å². The van der Waals surface area contributed by atoms with E-state index in [1.54, 1.807) is 19.2 Å². The number of hydrogen-bond donors (Lipinski definition) is 3. The van der Waals surface area contributed by atoms with Crippen LogP contribution >= 0.6 is 0 Å². The fourth-order valence-corrected chi connectivity index (χ4v) is 3.74. The molecule has 30 heavy (non-hydrogen) atoms. The van der Waals surface area contributed by atoms with Gasteiger partial charge in [0.05, 0.1) is 6.20 Å². The maximum atomic E-state index is 13.0. The number of nitrogens with zero attached hydrogens (tertiary/aromatic N) is 4. The summed E-state index contributed by atoms with van der Waals surface area (Å²) in [7, 11) is 1.67. The second-order valence-electron chi connectivity index (χ2n) is 7.50. The van der Waals surface area contributed by atoms with Crippen molar-refractivity contribution in [1.29, 1.82) is 0 Å². The van der Waals surface area contributed by atoms with E-state index in [2.05, 4.69) is 20.7 Å². The van der Waals surface area contributed by atoms with E-state index in [0.29, 0.717) is 17.2 Å². The monoisotopic (exact) mass is 421 g/mol. The minimum atomic E-state index is -4.49. The lowest BCUT2D eigenvalue weighted by Gasteiger charge is -2.30. The number of carbonyl (C=O) groups excluding carboxylic acids is 1. The van der Waals surface area contributed by atoms with Crippen LogP contribution in [-0.4, -0.2) is 37.2 Å². The lowest BCUT2D eigenvalue weighted by atomic mass is 9.91. The lowest BCUT2D eigenvalue weighted by molar-refractivity contribution is -0.140. The topological polar surface area (TPSA) is 102 Å². The van der Waals surface area contributed by atoms with Crippen molar-refractivity contribution >= 4 is 23.2 Å². The van der Waals surface area contributed by atoms with Gasteiger partial charge in [0.2, 0.25) is 0 Å². The number of aromatic nitrogens is 4. The molecule has 8 nitrogen and oxygen atoms in total. The predicted molar refractivity (Wildman–Crippen MR) is 105 cm³/mol. The van der Waals surface area contributed by atoms with Gasteiger partial charge < -0.3 is 16.4 Å². The van der Waals surface area contributed by atoms with Gasteiger partial charge in [-0.25, -0.2) is 4.98 Å². The zero-order valence-corrected chi connectivity index (χ0v) is 16.3. The largest absolute Gasteiger partial charge is 0.434 e. The Balaban J connectivity index is 1.38. The van der Waals surface area contributed by atoms with Crippen LogP contribution in [0.5, 0.6) is 0 Å². The van der Waals surface area contributed by atoms with E-state index < -0.39 is 11.9 Å². The first-order valence-corrected chi connectivity index (χ1v) is 9.62. The summed E-state index contributed by atoms with van der Waals surface area (Å²) in [5.74, 6) is 0.625. The van der Waals surface area contributed by atoms with Crippen LogP contribution in [0.1, 0.15) is 41.7 Å². The summed E-state index contributed by atoms with van der Waals surface area (Å²) in [5.41, 5.74) is 5.51. The number of imidazole rings is 1. The smallest absolute Gasteiger partial charge is 0.383 e. The van der Waals surface area contributed by atoms with E-state index in [1.165, 1.54) is 21.3 Å². The van der Waals surface area contributed by atoms with Gasteiger partial charge in [-0.3, -0.25) is 13.9 Å². The zero-order valence-electron chi connectivity index (χ0n) is 16.3. The highest BCUT2D eigenvalue weighted by atomic mass is 19.4. The molecular formula is C19H22F3N7O. The number of pyridine rings is 1. The average Bonchev–Trinajstić information content (AvgIpc) is 3.28. The Hall–Kier alpha value is -3.24. The van der Waals surface area contributed by atoms with Crippen LogP contribution in [-0.2, 0) is 13.2 Å². The number of aryl methyl sites for hydroxylation is 1. The van der Waals surface area contributed by atoms with Crippen LogP contribution in [0.4, 0.5) is 24.8 Å². The number of nitrogens with two attached hydrogens (primary N) is 1. The van der Waals surface area contributed by atoms with Gasteiger partial charge >= 0.3 is 6.18 Å². The molecule has 4 N–H and O–H groups in total. The molecule has 1 aliphatic carbocycles. The van der Waals surface area contributed by atoms with Crippen LogP contribution in [0.2, 0.25) is 0 Å². The third-order valence-electron chi connectivity index (χ3n) is 5.43. The van der Waals surface area contributed by atoms with Crippen molar-refractivity contribution in [3.05, 3.63) is 41.9 Å². The van der Waals surface area contributed by atoms with Crippen LogP contribution in [0.3, 0.4) is 0 Å². The molecule has 11 heteroatoms. The Labute approximate surface area is 170 Å². The molecule has 160 valence electrons. The van der Waals surface area contributed by atoms with Gasteiger partial charge in [0, 0.05) is 25.3 Å². The fourth-order valence-electron chi connectivity index (χ4n) is 3.74. The standard InChI is InChI=1S/C19H22F3N7O/c1-28-17(23)13(9-24-28)18(30)26-12-7-5-11(6-8-12)25-15-3-2-4-16-27-14(10-29(15)16)19(20,21)22/h2-4,9-12,25H,5-8,23H2,1H3,(H,26,30)/t11-,12+. The molecule has 3 aromatic heterocycles. The number of hydrogen-bond acceptors (Lipinski definition) is 5. The zero-order chi connectivity index (χ0) is 21.5. The number of halogens is 3. The second-order valence-corrected chi connectivity index (χ2v) is 7.50. The number of nitrogens with one attached hydrogen (secondary N) is 2. The Morgan fingerprint density at radius 3 is 2.53 bits per heavy atom. The van der Waals surface area contributed by atoms with E-state index >= 15 is 0 Å². The van der Waals surface area contributed by atoms with Gasteiger partial charge in [-0.15, -0.1) is 0 Å². The highest BCUT2D eigenvalue weighted by Gasteiger charge is 2.34. The molecule has 0 aromatic carbocycles. The first kappa shape index (κ1) is 20.0. The highest BCUT2D eigenvalue weighted by Crippen LogP contribution is 2.30. The Kier molecular flexibility index (Phi) is 5.04. The third-order valence-corrected chi connectivity index (χ3v) is 5.43. The molecule has 3 aromatic rings. The molecule has 0 radical (unpaired) electrons. The van der Waals surface area contributed by atoms with Crippen LogP contribution in [0.25, 0.3) is 5.65 Å². The summed E-state index contributed by atoms with van der Waals surface area (Å²) >= 11 is 0. The van der Waals surface area contributed by atoms with Crippen LogP contribution in [0.15, 0.2) is 30.6 Å². The first-order chi connectivity index (χ1) is 14.2. The van der Waals surface area contributed by atoms with Crippen molar-refractivity contribution in [2.75, 3.05) is 11.1 Å². The number of fused-ring (bicyclic) bond motifs is 1. The molecule has 3 heterocycles. The third kappa shape index (κ3) is 3.91. The van der Waals surface area contributed by atoms with Gasteiger partial charge in [0.15, 0.2) is 5.69 Å². The molecule has 0 saturated heterocycles. The summed E-state index contributed by atoms with van der Waals surface area (Å²) in [4.78, 5) is 16.0. The molecule has 0 bridgehead atoms. The first-order valence-electron chi connectivity index (χ1n) is 9.62. The molecule has 1 amide bonds. The summed E-state index contributed by atoms with van der Waals surface area (Å²) in [6.07, 6.45) is 0.988. The number of alkyl halides is 3. The summed E-state index contributed by atoms with van der Waals surface area (Å²) in [5, 5.41) is 10.3. The Morgan fingerprint density at radius 2 is 1.90 bits per heavy atom. The van der Waals surface area contributed by atoms with Gasteiger partial charge in [0.25, 0.3) is 5.91 Å². The SMILES string of the molecule is Cn1ncc(C(=O)N[C@H]2CC[C@@H](Nc3cccc4nc(C(F)(F)F)cn34)CC2)c1N.